The van der Waals surface area contributed by atoms with E-state index in [1.54, 1.807) is 22.6 Å². The van der Waals surface area contributed by atoms with E-state index in [-0.39, 0.29) is 15.7 Å². The van der Waals surface area contributed by atoms with Gasteiger partial charge in [0, 0.05) is 42.6 Å². The normalized spacial score (nSPS) is 11.6. The van der Waals surface area contributed by atoms with Crippen molar-refractivity contribution in [1.82, 2.24) is 21.3 Å². The molecule has 0 spiro atoms. The lowest BCUT2D eigenvalue weighted by Crippen LogP contribution is -2.47. The zero-order valence-corrected chi connectivity index (χ0v) is 14.8. The minimum Gasteiger partial charge on any atom is -0.353 e. The van der Waals surface area contributed by atoms with Crippen LogP contribution in [-0.4, -0.2) is 47.9 Å². The number of carbonyl (C=O) groups excluding carboxylic acids is 3. The standard InChI is InChI=1S/C13H25IN4O3/c1-3-15-7-5-4-6-11(18-10(2)19)12(20)16-8-9-17-13(14)21/h11,15H,3-9H2,1-2H3,(H,16,20)(H,17,21)(H,18,19)/t11-/m1/s1. The Morgan fingerprint density at radius 1 is 1.05 bits per heavy atom. The first-order chi connectivity index (χ1) is 9.97. The number of rotatable bonds is 11. The molecule has 0 aliphatic rings. The molecule has 0 saturated heterocycles. The molecule has 0 aromatic heterocycles. The third-order valence-corrected chi connectivity index (χ3v) is 3.11. The molecule has 0 heterocycles. The Balaban J connectivity index is 4.04. The summed E-state index contributed by atoms with van der Waals surface area (Å²) in [5, 5.41) is 11.2. The Hall–Kier alpha value is -0.900. The SMILES string of the molecule is CCNCCCC[C@@H](NC(C)=O)C(=O)NCCNC(=O)I. The fourth-order valence-corrected chi connectivity index (χ4v) is 2.03. The van der Waals surface area contributed by atoms with Crippen LogP contribution in [0.5, 0.6) is 0 Å². The highest BCUT2D eigenvalue weighted by atomic mass is 127. The van der Waals surface area contributed by atoms with Crippen LogP contribution in [0.2, 0.25) is 0 Å². The number of nitrogens with one attached hydrogen (secondary N) is 4. The van der Waals surface area contributed by atoms with Crippen molar-refractivity contribution in [2.75, 3.05) is 26.2 Å². The summed E-state index contributed by atoms with van der Waals surface area (Å²) in [6, 6.07) is -0.514. The number of halogens is 1. The van der Waals surface area contributed by atoms with Gasteiger partial charge in [0.1, 0.15) is 6.04 Å². The van der Waals surface area contributed by atoms with Gasteiger partial charge in [0.15, 0.2) is 0 Å². The number of hydrogen-bond donors (Lipinski definition) is 4. The van der Waals surface area contributed by atoms with Crippen LogP contribution < -0.4 is 21.3 Å². The second kappa shape index (κ2) is 12.8. The molecule has 7 nitrogen and oxygen atoms in total. The topological polar surface area (TPSA) is 99.3 Å². The summed E-state index contributed by atoms with van der Waals surface area (Å²) in [7, 11) is 0. The molecule has 21 heavy (non-hydrogen) atoms. The lowest BCUT2D eigenvalue weighted by atomic mass is 10.1. The number of hydrogen-bond acceptors (Lipinski definition) is 4. The minimum absolute atomic E-state index is 0.163. The van der Waals surface area contributed by atoms with Crippen molar-refractivity contribution < 1.29 is 14.4 Å². The van der Waals surface area contributed by atoms with Crippen LogP contribution in [0, 0.1) is 0 Å². The van der Waals surface area contributed by atoms with Crippen LogP contribution in [0.4, 0.5) is 4.79 Å². The molecule has 0 aromatic carbocycles. The number of carbonyl (C=O) groups is 3. The summed E-state index contributed by atoms with van der Waals surface area (Å²) in [6.45, 7) is 6.00. The van der Waals surface area contributed by atoms with Gasteiger partial charge in [-0.1, -0.05) is 6.92 Å². The van der Waals surface area contributed by atoms with Crippen molar-refractivity contribution in [3.05, 3.63) is 0 Å². The van der Waals surface area contributed by atoms with E-state index in [4.69, 9.17) is 0 Å². The summed E-state index contributed by atoms with van der Waals surface area (Å²) in [6.07, 6.45) is 2.42. The lowest BCUT2D eigenvalue weighted by Gasteiger charge is -2.17. The molecule has 0 aliphatic carbocycles. The Morgan fingerprint density at radius 2 is 1.71 bits per heavy atom. The second-order valence-electron chi connectivity index (χ2n) is 4.59. The predicted molar refractivity (Wildman–Crippen MR) is 90.4 cm³/mol. The molecule has 0 aliphatic heterocycles. The van der Waals surface area contributed by atoms with E-state index in [9.17, 15) is 14.4 Å². The minimum atomic E-state index is -0.514. The first kappa shape index (κ1) is 20.1. The van der Waals surface area contributed by atoms with Crippen molar-refractivity contribution in [2.24, 2.45) is 0 Å². The van der Waals surface area contributed by atoms with Gasteiger partial charge in [-0.15, -0.1) is 0 Å². The van der Waals surface area contributed by atoms with Crippen LogP contribution in [0.1, 0.15) is 33.1 Å². The van der Waals surface area contributed by atoms with Crippen molar-refractivity contribution in [2.45, 2.75) is 39.2 Å². The third-order valence-electron chi connectivity index (χ3n) is 2.73. The monoisotopic (exact) mass is 412 g/mol. The van der Waals surface area contributed by atoms with E-state index in [1.165, 1.54) is 6.92 Å². The van der Waals surface area contributed by atoms with Gasteiger partial charge in [-0.3, -0.25) is 14.4 Å². The van der Waals surface area contributed by atoms with Gasteiger partial charge in [-0.05, 0) is 32.4 Å². The van der Waals surface area contributed by atoms with Crippen LogP contribution in [0.15, 0.2) is 0 Å². The molecule has 4 N–H and O–H groups in total. The van der Waals surface area contributed by atoms with Crippen LogP contribution in [0.25, 0.3) is 0 Å². The molecule has 0 saturated carbocycles. The molecule has 0 rings (SSSR count). The maximum Gasteiger partial charge on any atom is 0.280 e. The molecule has 0 fully saturated rings. The van der Waals surface area contributed by atoms with Crippen molar-refractivity contribution in [3.8, 4) is 0 Å². The van der Waals surface area contributed by atoms with Crippen LogP contribution in [0.3, 0.4) is 0 Å². The van der Waals surface area contributed by atoms with Crippen molar-refractivity contribution >= 4 is 38.3 Å². The van der Waals surface area contributed by atoms with Gasteiger partial charge >= 0.3 is 0 Å². The second-order valence-corrected chi connectivity index (χ2v) is 5.57. The van der Waals surface area contributed by atoms with E-state index in [0.29, 0.717) is 19.5 Å². The van der Waals surface area contributed by atoms with Gasteiger partial charge < -0.3 is 21.3 Å². The maximum absolute atomic E-state index is 12.0. The summed E-state index contributed by atoms with van der Waals surface area (Å²) < 4.78 is -0.163. The highest BCUT2D eigenvalue weighted by molar-refractivity contribution is 14.1. The zero-order chi connectivity index (χ0) is 16.1. The van der Waals surface area contributed by atoms with Gasteiger partial charge in [0.25, 0.3) is 3.91 Å². The summed E-state index contributed by atoms with van der Waals surface area (Å²) in [5.41, 5.74) is 0. The Bertz CT molecular complexity index is 339. The quantitative estimate of drug-likeness (QED) is 0.172. The molecular formula is C13H25IN4O3. The number of amides is 3. The third kappa shape index (κ3) is 12.5. The van der Waals surface area contributed by atoms with E-state index >= 15 is 0 Å². The first-order valence-electron chi connectivity index (χ1n) is 7.16. The van der Waals surface area contributed by atoms with Crippen molar-refractivity contribution in [3.63, 3.8) is 0 Å². The predicted octanol–water partition coefficient (Wildman–Crippen LogP) is 0.532. The average molecular weight is 412 g/mol. The molecular weight excluding hydrogens is 387 g/mol. The summed E-state index contributed by atoms with van der Waals surface area (Å²) >= 11 is 1.63. The lowest BCUT2D eigenvalue weighted by molar-refractivity contribution is -0.128. The fraction of sp³-hybridized carbons (Fsp3) is 0.769. The van der Waals surface area contributed by atoms with Gasteiger partial charge in [-0.2, -0.15) is 0 Å². The molecule has 8 heteroatoms. The Kier molecular flexibility index (Phi) is 12.3. The largest absolute Gasteiger partial charge is 0.353 e. The molecule has 0 bridgehead atoms. The van der Waals surface area contributed by atoms with E-state index < -0.39 is 6.04 Å². The molecule has 3 amide bonds. The smallest absolute Gasteiger partial charge is 0.280 e. The highest BCUT2D eigenvalue weighted by Crippen LogP contribution is 2.01. The maximum atomic E-state index is 12.0. The highest BCUT2D eigenvalue weighted by Gasteiger charge is 2.18. The van der Waals surface area contributed by atoms with E-state index in [0.717, 1.165) is 25.9 Å². The molecule has 0 radical (unpaired) electrons. The molecule has 0 unspecified atom stereocenters. The molecule has 0 aromatic rings. The summed E-state index contributed by atoms with van der Waals surface area (Å²) in [5.74, 6) is -0.432. The Labute approximate surface area is 139 Å². The zero-order valence-electron chi connectivity index (χ0n) is 12.6. The van der Waals surface area contributed by atoms with Gasteiger partial charge in [-0.25, -0.2) is 0 Å². The first-order valence-corrected chi connectivity index (χ1v) is 8.24. The summed E-state index contributed by atoms with van der Waals surface area (Å²) in [4.78, 5) is 33.8. The van der Waals surface area contributed by atoms with Gasteiger partial charge in [0.2, 0.25) is 11.8 Å². The van der Waals surface area contributed by atoms with E-state index in [1.807, 2.05) is 6.92 Å². The fourth-order valence-electron chi connectivity index (χ4n) is 1.76. The number of unbranched alkanes of at least 4 members (excludes halogenated alkanes) is 1. The van der Waals surface area contributed by atoms with Crippen molar-refractivity contribution in [1.29, 1.82) is 0 Å². The Morgan fingerprint density at radius 3 is 2.29 bits per heavy atom. The van der Waals surface area contributed by atoms with E-state index in [2.05, 4.69) is 21.3 Å². The van der Waals surface area contributed by atoms with Crippen LogP contribution >= 0.6 is 22.6 Å². The average Bonchev–Trinajstić information content (AvgIpc) is 2.41. The van der Waals surface area contributed by atoms with Crippen LogP contribution in [-0.2, 0) is 9.59 Å². The van der Waals surface area contributed by atoms with Gasteiger partial charge in [0.05, 0.1) is 0 Å². The molecule has 1 atom stereocenters. The molecule has 122 valence electrons.